The molecule has 0 bridgehead atoms. The third-order valence-corrected chi connectivity index (χ3v) is 3.59. The molecule has 0 atom stereocenters. The van der Waals surface area contributed by atoms with Gasteiger partial charge in [0, 0.05) is 7.05 Å². The van der Waals surface area contributed by atoms with E-state index in [1.54, 1.807) is 31.3 Å². The van der Waals surface area contributed by atoms with Gasteiger partial charge in [-0.1, -0.05) is 38.1 Å². The van der Waals surface area contributed by atoms with Crippen LogP contribution in [0.2, 0.25) is 0 Å². The van der Waals surface area contributed by atoms with Crippen LogP contribution in [0.3, 0.4) is 0 Å². The molecule has 0 saturated heterocycles. The first-order valence-electron chi connectivity index (χ1n) is 7.85. The summed E-state index contributed by atoms with van der Waals surface area (Å²) in [4.78, 5) is 23.8. The number of carbonyl (C=O) groups is 2. The minimum Gasteiger partial charge on any atom is -0.484 e. The fourth-order valence-electron chi connectivity index (χ4n) is 2.21. The fourth-order valence-corrected chi connectivity index (χ4v) is 2.21. The third kappa shape index (κ3) is 4.59. The molecule has 2 aromatic rings. The van der Waals surface area contributed by atoms with Crippen molar-refractivity contribution in [3.8, 4) is 5.75 Å². The molecule has 24 heavy (non-hydrogen) atoms. The van der Waals surface area contributed by atoms with Crippen molar-refractivity contribution in [3.05, 3.63) is 59.7 Å². The van der Waals surface area contributed by atoms with E-state index in [-0.39, 0.29) is 18.4 Å². The van der Waals surface area contributed by atoms with Crippen LogP contribution in [-0.4, -0.2) is 25.5 Å². The molecule has 0 heterocycles. The number of hydrogen-bond donors (Lipinski definition) is 2. The summed E-state index contributed by atoms with van der Waals surface area (Å²) in [5.74, 6) is 0.507. The molecule has 0 fully saturated rings. The Balaban J connectivity index is 1.95. The van der Waals surface area contributed by atoms with E-state index in [0.29, 0.717) is 22.9 Å². The Labute approximate surface area is 142 Å². The Bertz CT molecular complexity index is 709. The van der Waals surface area contributed by atoms with E-state index in [9.17, 15) is 9.59 Å². The van der Waals surface area contributed by atoms with Crippen LogP contribution in [0, 0.1) is 0 Å². The number of rotatable bonds is 6. The van der Waals surface area contributed by atoms with Crippen LogP contribution in [0.5, 0.6) is 5.75 Å². The molecule has 0 aliphatic rings. The van der Waals surface area contributed by atoms with Crippen LogP contribution >= 0.6 is 0 Å². The largest absolute Gasteiger partial charge is 0.484 e. The normalized spacial score (nSPS) is 10.3. The summed E-state index contributed by atoms with van der Waals surface area (Å²) in [7, 11) is 1.55. The molecule has 2 rings (SSSR count). The van der Waals surface area contributed by atoms with Crippen LogP contribution in [-0.2, 0) is 4.79 Å². The van der Waals surface area contributed by atoms with Gasteiger partial charge in [0.25, 0.3) is 11.8 Å². The number of amides is 2. The van der Waals surface area contributed by atoms with E-state index in [1.165, 1.54) is 5.56 Å². The molecule has 2 amide bonds. The topological polar surface area (TPSA) is 67.4 Å². The molecule has 0 aliphatic heterocycles. The van der Waals surface area contributed by atoms with E-state index in [2.05, 4.69) is 24.5 Å². The number of benzene rings is 2. The highest BCUT2D eigenvalue weighted by atomic mass is 16.5. The smallest absolute Gasteiger partial charge is 0.262 e. The van der Waals surface area contributed by atoms with Crippen LogP contribution in [0.1, 0.15) is 35.7 Å². The van der Waals surface area contributed by atoms with E-state index in [4.69, 9.17) is 4.74 Å². The van der Waals surface area contributed by atoms with Crippen molar-refractivity contribution in [1.29, 1.82) is 0 Å². The zero-order chi connectivity index (χ0) is 17.5. The molecule has 0 aliphatic carbocycles. The molecule has 5 nitrogen and oxygen atoms in total. The Kier molecular flexibility index (Phi) is 5.95. The van der Waals surface area contributed by atoms with E-state index >= 15 is 0 Å². The van der Waals surface area contributed by atoms with Gasteiger partial charge in [0.1, 0.15) is 5.75 Å². The maximum absolute atomic E-state index is 12.1. The number of hydrogen-bond acceptors (Lipinski definition) is 3. The van der Waals surface area contributed by atoms with Gasteiger partial charge in [-0.05, 0) is 35.7 Å². The van der Waals surface area contributed by atoms with Crippen molar-refractivity contribution in [2.24, 2.45) is 0 Å². The summed E-state index contributed by atoms with van der Waals surface area (Å²) in [6.45, 7) is 4.11. The molecule has 0 radical (unpaired) electrons. The summed E-state index contributed by atoms with van der Waals surface area (Å²) in [5.41, 5.74) is 2.08. The first-order chi connectivity index (χ1) is 11.5. The maximum atomic E-state index is 12.1. The lowest BCUT2D eigenvalue weighted by Crippen LogP contribution is -2.24. The number of anilines is 1. The highest BCUT2D eigenvalue weighted by Crippen LogP contribution is 2.19. The van der Waals surface area contributed by atoms with Gasteiger partial charge in [-0.2, -0.15) is 0 Å². The lowest BCUT2D eigenvalue weighted by atomic mass is 10.0. The predicted octanol–water partition coefficient (Wildman–Crippen LogP) is 3.19. The Morgan fingerprint density at radius 2 is 1.71 bits per heavy atom. The molecule has 2 N–H and O–H groups in total. The van der Waals surface area contributed by atoms with Crippen LogP contribution < -0.4 is 15.4 Å². The number of para-hydroxylation sites is 1. The number of ether oxygens (including phenoxy) is 1. The molecular weight excluding hydrogens is 304 g/mol. The van der Waals surface area contributed by atoms with Gasteiger partial charge >= 0.3 is 0 Å². The molecule has 2 aromatic carbocycles. The van der Waals surface area contributed by atoms with Crippen molar-refractivity contribution in [1.82, 2.24) is 5.32 Å². The second kappa shape index (κ2) is 8.15. The van der Waals surface area contributed by atoms with Crippen LogP contribution in [0.15, 0.2) is 48.5 Å². The van der Waals surface area contributed by atoms with Gasteiger partial charge in [0.2, 0.25) is 0 Å². The van der Waals surface area contributed by atoms with Crippen molar-refractivity contribution in [2.45, 2.75) is 19.8 Å². The zero-order valence-corrected chi connectivity index (χ0v) is 14.1. The van der Waals surface area contributed by atoms with Crippen molar-refractivity contribution in [3.63, 3.8) is 0 Å². The first kappa shape index (κ1) is 17.5. The Morgan fingerprint density at radius 3 is 2.33 bits per heavy atom. The minimum atomic E-state index is -0.320. The second-order valence-corrected chi connectivity index (χ2v) is 5.69. The van der Waals surface area contributed by atoms with Gasteiger partial charge in [-0.3, -0.25) is 9.59 Å². The molecule has 0 spiro atoms. The SMILES string of the molecule is CNC(=O)c1ccccc1NC(=O)COc1ccc(C(C)C)cc1. The Morgan fingerprint density at radius 1 is 1.04 bits per heavy atom. The van der Waals surface area contributed by atoms with Gasteiger partial charge in [-0.25, -0.2) is 0 Å². The van der Waals surface area contributed by atoms with E-state index in [0.717, 1.165) is 0 Å². The lowest BCUT2D eigenvalue weighted by Gasteiger charge is -2.11. The van der Waals surface area contributed by atoms with Crippen molar-refractivity contribution >= 4 is 17.5 Å². The quantitative estimate of drug-likeness (QED) is 0.857. The summed E-state index contributed by atoms with van der Waals surface area (Å²) >= 11 is 0. The maximum Gasteiger partial charge on any atom is 0.262 e. The van der Waals surface area contributed by atoms with Crippen LogP contribution in [0.4, 0.5) is 5.69 Å². The van der Waals surface area contributed by atoms with Gasteiger partial charge in [-0.15, -0.1) is 0 Å². The fraction of sp³-hybridized carbons (Fsp3) is 0.263. The average Bonchev–Trinajstić information content (AvgIpc) is 2.60. The molecule has 126 valence electrons. The van der Waals surface area contributed by atoms with Crippen molar-refractivity contribution < 1.29 is 14.3 Å². The monoisotopic (exact) mass is 326 g/mol. The van der Waals surface area contributed by atoms with Gasteiger partial charge in [0.05, 0.1) is 11.3 Å². The summed E-state index contributed by atoms with van der Waals surface area (Å²) in [5, 5.41) is 5.25. The summed E-state index contributed by atoms with van der Waals surface area (Å²) in [6, 6.07) is 14.5. The van der Waals surface area contributed by atoms with Gasteiger partial charge < -0.3 is 15.4 Å². The van der Waals surface area contributed by atoms with E-state index in [1.807, 2.05) is 24.3 Å². The molecule has 0 aromatic heterocycles. The van der Waals surface area contributed by atoms with E-state index < -0.39 is 0 Å². The lowest BCUT2D eigenvalue weighted by molar-refractivity contribution is -0.118. The number of nitrogens with one attached hydrogen (secondary N) is 2. The average molecular weight is 326 g/mol. The summed E-state index contributed by atoms with van der Waals surface area (Å²) < 4.78 is 5.49. The molecular formula is C19H22N2O3. The molecule has 0 unspecified atom stereocenters. The second-order valence-electron chi connectivity index (χ2n) is 5.69. The Hall–Kier alpha value is -2.82. The molecule has 0 saturated carbocycles. The highest BCUT2D eigenvalue weighted by molar-refractivity contribution is 6.03. The highest BCUT2D eigenvalue weighted by Gasteiger charge is 2.12. The first-order valence-corrected chi connectivity index (χ1v) is 7.85. The standard InChI is InChI=1S/C19H22N2O3/c1-13(2)14-8-10-15(11-9-14)24-12-18(22)21-17-7-5-4-6-16(17)19(23)20-3/h4-11,13H,12H2,1-3H3,(H,20,23)(H,21,22). The van der Waals surface area contributed by atoms with Crippen molar-refractivity contribution in [2.75, 3.05) is 19.0 Å². The molecule has 5 heteroatoms. The number of carbonyl (C=O) groups excluding carboxylic acids is 2. The van der Waals surface area contributed by atoms with Gasteiger partial charge in [0.15, 0.2) is 6.61 Å². The summed E-state index contributed by atoms with van der Waals surface area (Å²) in [6.07, 6.45) is 0. The zero-order valence-electron chi connectivity index (χ0n) is 14.1. The minimum absolute atomic E-state index is 0.122. The predicted molar refractivity (Wildman–Crippen MR) is 94.5 cm³/mol. The van der Waals surface area contributed by atoms with Crippen LogP contribution in [0.25, 0.3) is 0 Å². The third-order valence-electron chi connectivity index (χ3n) is 3.59.